The molecule has 0 saturated carbocycles. The topological polar surface area (TPSA) is 65.4 Å². The lowest BCUT2D eigenvalue weighted by Crippen LogP contribution is -2.27. The second-order valence-corrected chi connectivity index (χ2v) is 7.09. The zero-order valence-electron chi connectivity index (χ0n) is 17.9. The van der Waals surface area contributed by atoms with E-state index in [0.29, 0.717) is 31.9 Å². The molecule has 30 heavy (non-hydrogen) atoms. The van der Waals surface area contributed by atoms with Gasteiger partial charge in [-0.2, -0.15) is 5.10 Å². The third-order valence-electron chi connectivity index (χ3n) is 4.82. The van der Waals surface area contributed by atoms with Crippen LogP contribution in [0.2, 0.25) is 0 Å². The van der Waals surface area contributed by atoms with Crippen molar-refractivity contribution in [2.45, 2.75) is 33.1 Å². The molecule has 6 heteroatoms. The van der Waals surface area contributed by atoms with Crippen molar-refractivity contribution >= 4 is 5.91 Å². The van der Waals surface area contributed by atoms with Crippen LogP contribution in [0, 0.1) is 6.92 Å². The van der Waals surface area contributed by atoms with Crippen LogP contribution in [-0.4, -0.2) is 35.9 Å². The Morgan fingerprint density at radius 1 is 1.10 bits per heavy atom. The Kier molecular flexibility index (Phi) is 7.63. The number of para-hydroxylation sites is 1. The second-order valence-electron chi connectivity index (χ2n) is 7.09. The van der Waals surface area contributed by atoms with Crippen molar-refractivity contribution in [3.8, 4) is 17.3 Å². The fourth-order valence-electron chi connectivity index (χ4n) is 3.20. The number of nitrogens with zero attached hydrogens (tertiary/aromatic N) is 2. The summed E-state index contributed by atoms with van der Waals surface area (Å²) in [6.45, 7) is 5.11. The molecule has 0 aliphatic carbocycles. The molecule has 0 aliphatic heterocycles. The third-order valence-corrected chi connectivity index (χ3v) is 4.82. The van der Waals surface area contributed by atoms with Crippen molar-refractivity contribution in [1.82, 2.24) is 15.1 Å². The number of aryl methyl sites for hydroxylation is 2. The van der Waals surface area contributed by atoms with Crippen LogP contribution in [0.3, 0.4) is 0 Å². The first-order valence-electron chi connectivity index (χ1n) is 10.3. The molecule has 0 spiro atoms. The maximum Gasteiger partial charge on any atom is 0.226 e. The summed E-state index contributed by atoms with van der Waals surface area (Å²) in [5.74, 6) is 1.39. The minimum Gasteiger partial charge on any atom is -0.439 e. The van der Waals surface area contributed by atoms with Gasteiger partial charge in [0, 0.05) is 25.6 Å². The highest BCUT2D eigenvalue weighted by Crippen LogP contribution is 2.32. The van der Waals surface area contributed by atoms with Gasteiger partial charge < -0.3 is 14.8 Å². The van der Waals surface area contributed by atoms with Gasteiger partial charge in [-0.15, -0.1) is 0 Å². The summed E-state index contributed by atoms with van der Waals surface area (Å²) in [7, 11) is 1.62. The van der Waals surface area contributed by atoms with Gasteiger partial charge >= 0.3 is 0 Å². The highest BCUT2D eigenvalue weighted by molar-refractivity contribution is 5.76. The van der Waals surface area contributed by atoms with Crippen LogP contribution in [0.1, 0.15) is 30.2 Å². The molecule has 158 valence electrons. The van der Waals surface area contributed by atoms with Crippen molar-refractivity contribution in [2.24, 2.45) is 0 Å². The number of ether oxygens (including phenoxy) is 2. The van der Waals surface area contributed by atoms with Crippen molar-refractivity contribution in [2.75, 3.05) is 20.3 Å². The fourth-order valence-corrected chi connectivity index (χ4v) is 3.20. The van der Waals surface area contributed by atoms with Gasteiger partial charge in [-0.1, -0.05) is 42.8 Å². The average molecular weight is 408 g/mol. The molecule has 1 N–H and O–H groups in total. The second kappa shape index (κ2) is 10.6. The number of rotatable bonds is 10. The monoisotopic (exact) mass is 407 g/mol. The summed E-state index contributed by atoms with van der Waals surface area (Å²) in [6, 6.07) is 17.8. The minimum absolute atomic E-state index is 0.0112. The molecule has 1 amide bonds. The van der Waals surface area contributed by atoms with E-state index >= 15 is 0 Å². The number of carbonyl (C=O) groups excluding carboxylic acids is 1. The molecule has 0 aliphatic rings. The molecule has 0 bridgehead atoms. The normalized spacial score (nSPS) is 10.8. The standard InChI is InChI=1S/C24H29N3O3/c1-4-22-21(14-15-23(28)25-16-17-29-3)24(30-20-12-10-18(2)11-13-20)27(26-22)19-8-6-5-7-9-19/h5-13H,4,14-17H2,1-3H3,(H,25,28). The zero-order valence-corrected chi connectivity index (χ0v) is 17.9. The lowest BCUT2D eigenvalue weighted by molar-refractivity contribution is -0.121. The Balaban J connectivity index is 1.91. The molecular formula is C24H29N3O3. The van der Waals surface area contributed by atoms with Crippen LogP contribution in [0.4, 0.5) is 0 Å². The molecule has 3 rings (SSSR count). The molecule has 1 heterocycles. The number of carbonyl (C=O) groups is 1. The van der Waals surface area contributed by atoms with Gasteiger partial charge in [0.2, 0.25) is 11.8 Å². The smallest absolute Gasteiger partial charge is 0.226 e. The summed E-state index contributed by atoms with van der Waals surface area (Å²) in [6.07, 6.45) is 1.67. The van der Waals surface area contributed by atoms with Gasteiger partial charge in [0.05, 0.1) is 18.0 Å². The number of aromatic nitrogens is 2. The van der Waals surface area contributed by atoms with E-state index in [2.05, 4.69) is 12.2 Å². The average Bonchev–Trinajstić information content (AvgIpc) is 3.12. The number of hydrogen-bond donors (Lipinski definition) is 1. The van der Waals surface area contributed by atoms with E-state index in [1.54, 1.807) is 7.11 Å². The molecule has 6 nitrogen and oxygen atoms in total. The van der Waals surface area contributed by atoms with Gasteiger partial charge in [0.15, 0.2) is 0 Å². The van der Waals surface area contributed by atoms with E-state index in [-0.39, 0.29) is 5.91 Å². The quantitative estimate of drug-likeness (QED) is 0.511. The van der Waals surface area contributed by atoms with Crippen LogP contribution in [-0.2, 0) is 22.4 Å². The van der Waals surface area contributed by atoms with E-state index in [0.717, 1.165) is 29.1 Å². The van der Waals surface area contributed by atoms with E-state index in [4.69, 9.17) is 14.6 Å². The van der Waals surface area contributed by atoms with Gasteiger partial charge in [-0.25, -0.2) is 4.68 Å². The van der Waals surface area contributed by atoms with Crippen molar-refractivity contribution in [1.29, 1.82) is 0 Å². The molecule has 0 saturated heterocycles. The molecule has 0 unspecified atom stereocenters. The van der Waals surface area contributed by atoms with Crippen molar-refractivity contribution in [3.63, 3.8) is 0 Å². The molecule has 0 fully saturated rings. The van der Waals surface area contributed by atoms with E-state index < -0.39 is 0 Å². The minimum atomic E-state index is -0.0112. The first-order chi connectivity index (χ1) is 14.6. The van der Waals surface area contributed by atoms with Crippen LogP contribution < -0.4 is 10.1 Å². The summed E-state index contributed by atoms with van der Waals surface area (Å²) in [5, 5.41) is 7.68. The molecule has 2 aromatic carbocycles. The highest BCUT2D eigenvalue weighted by atomic mass is 16.5. The third kappa shape index (κ3) is 5.48. The first-order valence-corrected chi connectivity index (χ1v) is 10.3. The summed E-state index contributed by atoms with van der Waals surface area (Å²) in [4.78, 5) is 12.2. The SMILES string of the molecule is CCc1nn(-c2ccccc2)c(Oc2ccc(C)cc2)c1CCC(=O)NCCOC. The van der Waals surface area contributed by atoms with Gasteiger partial charge in [0.25, 0.3) is 0 Å². The molecular weight excluding hydrogens is 378 g/mol. The predicted molar refractivity (Wildman–Crippen MR) is 117 cm³/mol. The Morgan fingerprint density at radius 2 is 1.83 bits per heavy atom. The highest BCUT2D eigenvalue weighted by Gasteiger charge is 2.21. The number of methoxy groups -OCH3 is 1. The van der Waals surface area contributed by atoms with E-state index in [9.17, 15) is 4.79 Å². The number of amides is 1. The largest absolute Gasteiger partial charge is 0.439 e. The Hall–Kier alpha value is -3.12. The Morgan fingerprint density at radius 3 is 2.50 bits per heavy atom. The van der Waals surface area contributed by atoms with Gasteiger partial charge in [0.1, 0.15) is 5.75 Å². The van der Waals surface area contributed by atoms with Crippen LogP contribution >= 0.6 is 0 Å². The maximum atomic E-state index is 12.2. The van der Waals surface area contributed by atoms with Crippen LogP contribution in [0.5, 0.6) is 11.6 Å². The Bertz CT molecular complexity index is 950. The first kappa shape index (κ1) is 21.6. The van der Waals surface area contributed by atoms with Crippen molar-refractivity contribution in [3.05, 3.63) is 71.4 Å². The summed E-state index contributed by atoms with van der Waals surface area (Å²) in [5.41, 5.74) is 3.99. The number of benzene rings is 2. The molecule has 0 radical (unpaired) electrons. The maximum absolute atomic E-state index is 12.2. The van der Waals surface area contributed by atoms with E-state index in [1.165, 1.54) is 5.56 Å². The number of hydrogen-bond acceptors (Lipinski definition) is 4. The van der Waals surface area contributed by atoms with Crippen molar-refractivity contribution < 1.29 is 14.3 Å². The van der Waals surface area contributed by atoms with Crippen LogP contribution in [0.15, 0.2) is 54.6 Å². The molecule has 3 aromatic rings. The lowest BCUT2D eigenvalue weighted by Gasteiger charge is -2.12. The van der Waals surface area contributed by atoms with E-state index in [1.807, 2.05) is 66.2 Å². The summed E-state index contributed by atoms with van der Waals surface area (Å²) >= 11 is 0. The zero-order chi connectivity index (χ0) is 21.3. The summed E-state index contributed by atoms with van der Waals surface area (Å²) < 4.78 is 13.1. The molecule has 1 aromatic heterocycles. The van der Waals surface area contributed by atoms with Crippen LogP contribution in [0.25, 0.3) is 5.69 Å². The fraction of sp³-hybridized carbons (Fsp3) is 0.333. The lowest BCUT2D eigenvalue weighted by atomic mass is 10.1. The number of nitrogens with one attached hydrogen (secondary N) is 1. The predicted octanol–water partition coefficient (Wildman–Crippen LogP) is 4.23. The molecule has 0 atom stereocenters. The van der Waals surface area contributed by atoms with Gasteiger partial charge in [-0.05, 0) is 44.0 Å². The Labute approximate surface area is 177 Å². The van der Waals surface area contributed by atoms with Gasteiger partial charge in [-0.3, -0.25) is 4.79 Å².